The minimum Gasteiger partial charge on any atom is -0.333 e. The van der Waals surface area contributed by atoms with Gasteiger partial charge in [0.05, 0.1) is 6.04 Å². The van der Waals surface area contributed by atoms with Crippen LogP contribution in [0.3, 0.4) is 0 Å². The summed E-state index contributed by atoms with van der Waals surface area (Å²) in [6, 6.07) is -1.26. The SMILES string of the molecule is CCCCSCC(C(=O)N(C)C(C=O)(CC(C)C)NC(C=O)C(C)C)N(C)C(=O)CCC. The molecule has 7 nitrogen and oxygen atoms in total. The smallest absolute Gasteiger partial charge is 0.247 e. The molecule has 0 saturated heterocycles. The van der Waals surface area contributed by atoms with Crippen molar-refractivity contribution in [3.05, 3.63) is 0 Å². The van der Waals surface area contributed by atoms with Crippen LogP contribution in [0.1, 0.15) is 73.6 Å². The molecule has 0 aromatic rings. The number of carbonyl (C=O) groups excluding carboxylic acids is 4. The van der Waals surface area contributed by atoms with Crippen LogP contribution in [-0.4, -0.2) is 77.5 Å². The van der Waals surface area contributed by atoms with E-state index in [1.807, 2.05) is 34.6 Å². The van der Waals surface area contributed by atoms with Gasteiger partial charge in [-0.05, 0) is 36.9 Å². The van der Waals surface area contributed by atoms with Crippen LogP contribution in [0, 0.1) is 11.8 Å². The molecule has 3 atom stereocenters. The Morgan fingerprint density at radius 1 is 1.06 bits per heavy atom. The number of thioether (sulfide) groups is 1. The van der Waals surface area contributed by atoms with Crippen LogP contribution in [-0.2, 0) is 19.2 Å². The molecule has 0 aromatic carbocycles. The molecule has 2 amide bonds. The van der Waals surface area contributed by atoms with Crippen molar-refractivity contribution in [1.29, 1.82) is 0 Å². The number of aldehydes is 2. The lowest BCUT2D eigenvalue weighted by Gasteiger charge is -2.44. The number of nitrogens with zero attached hydrogens (tertiary/aromatic N) is 2. The first kappa shape index (κ1) is 30.6. The average Bonchev–Trinajstić information content (AvgIpc) is 2.74. The number of hydrogen-bond acceptors (Lipinski definition) is 6. The minimum absolute atomic E-state index is 0.0447. The highest BCUT2D eigenvalue weighted by Gasteiger charge is 2.43. The molecule has 8 heteroatoms. The van der Waals surface area contributed by atoms with Gasteiger partial charge in [0.25, 0.3) is 0 Å². The summed E-state index contributed by atoms with van der Waals surface area (Å²) in [5.74, 6) is 1.04. The second kappa shape index (κ2) is 15.4. The van der Waals surface area contributed by atoms with Gasteiger partial charge in [-0.2, -0.15) is 11.8 Å². The van der Waals surface area contributed by atoms with E-state index in [2.05, 4.69) is 12.2 Å². The summed E-state index contributed by atoms with van der Waals surface area (Å²) >= 11 is 1.64. The second-order valence-electron chi connectivity index (χ2n) is 9.29. The van der Waals surface area contributed by atoms with E-state index in [0.29, 0.717) is 25.0 Å². The van der Waals surface area contributed by atoms with E-state index in [9.17, 15) is 19.2 Å². The number of hydrogen-bond donors (Lipinski definition) is 1. The van der Waals surface area contributed by atoms with Gasteiger partial charge in [0.2, 0.25) is 11.8 Å². The first-order chi connectivity index (χ1) is 15.0. The molecule has 0 fully saturated rings. The summed E-state index contributed by atoms with van der Waals surface area (Å²) < 4.78 is 0. The summed E-state index contributed by atoms with van der Waals surface area (Å²) in [6.45, 7) is 11.8. The molecule has 0 radical (unpaired) electrons. The fraction of sp³-hybridized carbons (Fsp3) is 0.833. The maximum atomic E-state index is 13.7. The molecule has 0 aromatic heterocycles. The molecule has 0 spiro atoms. The highest BCUT2D eigenvalue weighted by atomic mass is 32.2. The van der Waals surface area contributed by atoms with Crippen LogP contribution in [0.4, 0.5) is 0 Å². The van der Waals surface area contributed by atoms with Gasteiger partial charge in [-0.1, -0.05) is 48.0 Å². The molecule has 0 aliphatic carbocycles. The maximum absolute atomic E-state index is 13.7. The molecule has 32 heavy (non-hydrogen) atoms. The van der Waals surface area contributed by atoms with E-state index in [0.717, 1.165) is 31.2 Å². The maximum Gasteiger partial charge on any atom is 0.247 e. The largest absolute Gasteiger partial charge is 0.333 e. The zero-order chi connectivity index (χ0) is 24.9. The lowest BCUT2D eigenvalue weighted by Crippen LogP contribution is -2.67. The molecule has 0 rings (SSSR count). The van der Waals surface area contributed by atoms with E-state index in [1.165, 1.54) is 9.80 Å². The Hall–Kier alpha value is -1.41. The minimum atomic E-state index is -1.33. The Morgan fingerprint density at radius 3 is 2.12 bits per heavy atom. The Balaban J connectivity index is 6.04. The predicted molar refractivity (Wildman–Crippen MR) is 133 cm³/mol. The van der Waals surface area contributed by atoms with E-state index < -0.39 is 17.7 Å². The Kier molecular flexibility index (Phi) is 14.8. The fourth-order valence-electron chi connectivity index (χ4n) is 3.50. The summed E-state index contributed by atoms with van der Waals surface area (Å²) in [6.07, 6.45) is 5.05. The first-order valence-electron chi connectivity index (χ1n) is 11.8. The van der Waals surface area contributed by atoms with Gasteiger partial charge in [0.1, 0.15) is 12.3 Å². The van der Waals surface area contributed by atoms with Gasteiger partial charge in [-0.25, -0.2) is 0 Å². The third kappa shape index (κ3) is 9.22. The van der Waals surface area contributed by atoms with Crippen molar-refractivity contribution in [1.82, 2.24) is 15.1 Å². The third-order valence-electron chi connectivity index (χ3n) is 5.65. The van der Waals surface area contributed by atoms with Crippen LogP contribution in [0.5, 0.6) is 0 Å². The van der Waals surface area contributed by atoms with E-state index in [4.69, 9.17) is 0 Å². The molecule has 0 aliphatic rings. The van der Waals surface area contributed by atoms with Crippen LogP contribution in [0.15, 0.2) is 0 Å². The second-order valence-corrected chi connectivity index (χ2v) is 10.4. The van der Waals surface area contributed by atoms with Gasteiger partial charge in [-0.15, -0.1) is 0 Å². The van der Waals surface area contributed by atoms with Crippen LogP contribution >= 0.6 is 11.8 Å². The summed E-state index contributed by atoms with van der Waals surface area (Å²) in [5.41, 5.74) is -1.33. The number of likely N-dealkylation sites (N-methyl/N-ethyl adjacent to an activating group) is 2. The summed E-state index contributed by atoms with van der Waals surface area (Å²) in [4.78, 5) is 53.4. The molecular formula is C24H45N3O4S. The van der Waals surface area contributed by atoms with E-state index >= 15 is 0 Å². The molecule has 1 N–H and O–H groups in total. The van der Waals surface area contributed by atoms with E-state index in [-0.39, 0.29) is 23.7 Å². The van der Waals surface area contributed by atoms with Crippen molar-refractivity contribution in [2.75, 3.05) is 25.6 Å². The van der Waals surface area contributed by atoms with Gasteiger partial charge >= 0.3 is 0 Å². The molecule has 0 saturated carbocycles. The number of nitrogens with one attached hydrogen (secondary N) is 1. The Labute approximate surface area is 199 Å². The van der Waals surface area contributed by atoms with Crippen molar-refractivity contribution in [3.8, 4) is 0 Å². The molecular weight excluding hydrogens is 426 g/mol. The number of rotatable bonds is 17. The molecule has 186 valence electrons. The fourth-order valence-corrected chi connectivity index (χ4v) is 4.75. The van der Waals surface area contributed by atoms with Crippen LogP contribution in [0.2, 0.25) is 0 Å². The summed E-state index contributed by atoms with van der Waals surface area (Å²) in [7, 11) is 3.26. The lowest BCUT2D eigenvalue weighted by molar-refractivity contribution is -0.151. The predicted octanol–water partition coefficient (Wildman–Crippen LogP) is 3.36. The highest BCUT2D eigenvalue weighted by molar-refractivity contribution is 7.99. The van der Waals surface area contributed by atoms with Crippen molar-refractivity contribution < 1.29 is 19.2 Å². The molecule has 3 unspecified atom stereocenters. The van der Waals surface area contributed by atoms with Crippen molar-refractivity contribution >= 4 is 36.1 Å². The highest BCUT2D eigenvalue weighted by Crippen LogP contribution is 2.24. The van der Waals surface area contributed by atoms with Gasteiger partial charge in [0.15, 0.2) is 11.9 Å². The zero-order valence-corrected chi connectivity index (χ0v) is 22.2. The lowest BCUT2D eigenvalue weighted by atomic mass is 9.93. The van der Waals surface area contributed by atoms with Crippen LogP contribution < -0.4 is 5.32 Å². The number of amides is 2. The topological polar surface area (TPSA) is 86.8 Å². The number of unbranched alkanes of at least 4 members (excludes halogenated alkanes) is 1. The van der Waals surface area contributed by atoms with Gasteiger partial charge in [-0.3, -0.25) is 19.7 Å². The first-order valence-corrected chi connectivity index (χ1v) is 13.0. The number of carbonyl (C=O) groups is 4. The Morgan fingerprint density at radius 2 is 1.69 bits per heavy atom. The zero-order valence-electron chi connectivity index (χ0n) is 21.3. The van der Waals surface area contributed by atoms with Gasteiger partial charge < -0.3 is 14.6 Å². The Bertz CT molecular complexity index is 600. The van der Waals surface area contributed by atoms with Crippen molar-refractivity contribution in [2.45, 2.75) is 91.4 Å². The molecule has 0 bridgehead atoms. The average molecular weight is 472 g/mol. The molecule has 0 aliphatic heterocycles. The standard InChI is InChI=1S/C24H45N3O4S/c1-9-11-13-32-16-21(26(7)22(30)12-10-2)23(31)27(8)24(17-29,14-18(3)4)25-20(15-28)19(5)6/h15,17-21,25H,9-14,16H2,1-8H3. The molecule has 0 heterocycles. The summed E-state index contributed by atoms with van der Waals surface area (Å²) in [5, 5.41) is 3.16. The van der Waals surface area contributed by atoms with Crippen LogP contribution in [0.25, 0.3) is 0 Å². The van der Waals surface area contributed by atoms with Crippen molar-refractivity contribution in [2.24, 2.45) is 11.8 Å². The normalized spacial score (nSPS) is 15.2. The third-order valence-corrected chi connectivity index (χ3v) is 6.78. The monoisotopic (exact) mass is 471 g/mol. The van der Waals surface area contributed by atoms with Gasteiger partial charge in [0, 0.05) is 26.3 Å². The quantitative estimate of drug-likeness (QED) is 0.199. The van der Waals surface area contributed by atoms with Crippen molar-refractivity contribution in [3.63, 3.8) is 0 Å². The van der Waals surface area contributed by atoms with E-state index in [1.54, 1.807) is 25.9 Å².